The first-order valence-electron chi connectivity index (χ1n) is 9.35. The lowest BCUT2D eigenvalue weighted by Gasteiger charge is -2.14. The molecular formula is C24H24N4O. The van der Waals surface area contributed by atoms with Crippen molar-refractivity contribution in [3.05, 3.63) is 83.2 Å². The Bertz CT molecular complexity index is 1080. The molecule has 0 aliphatic carbocycles. The molecule has 0 fully saturated rings. The minimum Gasteiger partial charge on any atom is -0.378 e. The van der Waals surface area contributed by atoms with Gasteiger partial charge in [0.1, 0.15) is 11.6 Å². The number of benzene rings is 2. The third kappa shape index (κ3) is 4.39. The highest BCUT2D eigenvalue weighted by Gasteiger charge is 2.14. The molecule has 5 heteroatoms. The van der Waals surface area contributed by atoms with E-state index in [0.29, 0.717) is 5.69 Å². The molecule has 5 nitrogen and oxygen atoms in total. The second-order valence-electron chi connectivity index (χ2n) is 7.06. The summed E-state index contributed by atoms with van der Waals surface area (Å²) in [5.74, 6) is -0.418. The van der Waals surface area contributed by atoms with Crippen molar-refractivity contribution >= 4 is 23.4 Å². The number of nitrogens with zero attached hydrogens (tertiary/aromatic N) is 3. The molecular weight excluding hydrogens is 360 g/mol. The summed E-state index contributed by atoms with van der Waals surface area (Å²) in [4.78, 5) is 14.6. The highest BCUT2D eigenvalue weighted by Crippen LogP contribution is 2.24. The third-order valence-electron chi connectivity index (χ3n) is 4.79. The molecule has 29 heavy (non-hydrogen) atoms. The van der Waals surface area contributed by atoms with Gasteiger partial charge in [-0.2, -0.15) is 5.26 Å². The first-order chi connectivity index (χ1) is 13.9. The molecule has 146 valence electrons. The summed E-state index contributed by atoms with van der Waals surface area (Å²) >= 11 is 0. The molecule has 1 N–H and O–H groups in total. The first-order valence-corrected chi connectivity index (χ1v) is 9.35. The fraction of sp³-hybridized carbons (Fsp3) is 0.167. The lowest BCUT2D eigenvalue weighted by molar-refractivity contribution is -0.112. The highest BCUT2D eigenvalue weighted by molar-refractivity contribution is 6.09. The van der Waals surface area contributed by atoms with Crippen LogP contribution in [0, 0.1) is 25.2 Å². The molecule has 0 saturated heterocycles. The number of carbonyl (C=O) groups is 1. The van der Waals surface area contributed by atoms with Gasteiger partial charge in [-0.25, -0.2) is 0 Å². The van der Waals surface area contributed by atoms with Crippen LogP contribution >= 0.6 is 0 Å². The van der Waals surface area contributed by atoms with Gasteiger partial charge in [0.05, 0.1) is 0 Å². The van der Waals surface area contributed by atoms with Crippen LogP contribution in [0.3, 0.4) is 0 Å². The van der Waals surface area contributed by atoms with E-state index in [0.717, 1.165) is 28.3 Å². The second-order valence-corrected chi connectivity index (χ2v) is 7.06. The van der Waals surface area contributed by atoms with Gasteiger partial charge in [0.25, 0.3) is 5.91 Å². The topological polar surface area (TPSA) is 61.1 Å². The van der Waals surface area contributed by atoms with Crippen molar-refractivity contribution in [3.8, 4) is 11.8 Å². The number of hydrogen-bond donors (Lipinski definition) is 1. The number of anilines is 2. The van der Waals surface area contributed by atoms with Gasteiger partial charge in [-0.15, -0.1) is 0 Å². The monoisotopic (exact) mass is 384 g/mol. The molecule has 0 aliphatic rings. The van der Waals surface area contributed by atoms with Crippen molar-refractivity contribution in [2.45, 2.75) is 13.8 Å². The Labute approximate surface area is 171 Å². The number of para-hydroxylation sites is 1. The van der Waals surface area contributed by atoms with Crippen LogP contribution in [0.15, 0.2) is 66.2 Å². The third-order valence-corrected chi connectivity index (χ3v) is 4.79. The van der Waals surface area contributed by atoms with Crippen LogP contribution in [0.4, 0.5) is 11.4 Å². The van der Waals surface area contributed by atoms with Gasteiger partial charge in [-0.1, -0.05) is 18.2 Å². The average Bonchev–Trinajstić information content (AvgIpc) is 2.99. The number of aromatic nitrogens is 1. The number of aryl methyl sites for hydroxylation is 1. The molecule has 0 radical (unpaired) electrons. The predicted octanol–water partition coefficient (Wildman–Crippen LogP) is 4.71. The lowest BCUT2D eigenvalue weighted by atomic mass is 10.1. The molecule has 0 aliphatic heterocycles. The molecule has 1 heterocycles. The summed E-state index contributed by atoms with van der Waals surface area (Å²) in [6.07, 6.45) is 1.64. The Balaban J connectivity index is 1.92. The van der Waals surface area contributed by atoms with Gasteiger partial charge in [-0.05, 0) is 68.0 Å². The number of nitrogens with one attached hydrogen (secondary N) is 1. The quantitative estimate of drug-likeness (QED) is 0.512. The normalized spacial score (nSPS) is 11.1. The number of hydrogen-bond acceptors (Lipinski definition) is 3. The Hall–Kier alpha value is -3.78. The van der Waals surface area contributed by atoms with E-state index < -0.39 is 5.91 Å². The van der Waals surface area contributed by atoms with Crippen molar-refractivity contribution in [2.75, 3.05) is 24.3 Å². The van der Waals surface area contributed by atoms with Crippen LogP contribution in [0.1, 0.15) is 17.0 Å². The standard InChI is InChI=1S/C24H24N4O/c1-17-14-19(15-20(16-25)24(29)26-21-8-6-5-7-9-21)18(2)28(17)23-12-10-22(11-13-23)27(3)4/h5-15H,1-4H3,(H,26,29)/b20-15-. The van der Waals surface area contributed by atoms with E-state index in [-0.39, 0.29) is 5.57 Å². The van der Waals surface area contributed by atoms with Crippen LogP contribution < -0.4 is 10.2 Å². The zero-order valence-electron chi connectivity index (χ0n) is 17.1. The molecule has 0 saturated carbocycles. The molecule has 0 atom stereocenters. The number of amides is 1. The zero-order chi connectivity index (χ0) is 21.0. The smallest absolute Gasteiger partial charge is 0.266 e. The van der Waals surface area contributed by atoms with E-state index in [1.807, 2.05) is 58.3 Å². The van der Waals surface area contributed by atoms with Crippen LogP contribution in [0.2, 0.25) is 0 Å². The van der Waals surface area contributed by atoms with Crippen LogP contribution in [-0.4, -0.2) is 24.6 Å². The molecule has 3 rings (SSSR count). The largest absolute Gasteiger partial charge is 0.378 e. The maximum Gasteiger partial charge on any atom is 0.266 e. The summed E-state index contributed by atoms with van der Waals surface area (Å²) < 4.78 is 2.12. The Morgan fingerprint density at radius 3 is 2.31 bits per heavy atom. The summed E-state index contributed by atoms with van der Waals surface area (Å²) in [7, 11) is 4.02. The summed E-state index contributed by atoms with van der Waals surface area (Å²) in [6.45, 7) is 4.00. The van der Waals surface area contributed by atoms with Crippen LogP contribution in [-0.2, 0) is 4.79 Å². The predicted molar refractivity (Wildman–Crippen MR) is 118 cm³/mol. The van der Waals surface area contributed by atoms with Gasteiger partial charge in [0, 0.05) is 42.5 Å². The van der Waals surface area contributed by atoms with E-state index in [4.69, 9.17) is 0 Å². The summed E-state index contributed by atoms with van der Waals surface area (Å²) in [5.41, 5.74) is 5.74. The van der Waals surface area contributed by atoms with Crippen molar-refractivity contribution in [1.29, 1.82) is 5.26 Å². The Kier molecular flexibility index (Phi) is 5.85. The molecule has 3 aromatic rings. The van der Waals surface area contributed by atoms with E-state index in [9.17, 15) is 10.1 Å². The number of carbonyl (C=O) groups excluding carboxylic acids is 1. The van der Waals surface area contributed by atoms with Gasteiger partial charge in [0.2, 0.25) is 0 Å². The molecule has 1 aromatic heterocycles. The van der Waals surface area contributed by atoms with Crippen molar-refractivity contribution in [2.24, 2.45) is 0 Å². The van der Waals surface area contributed by atoms with E-state index in [2.05, 4.69) is 39.0 Å². The molecule has 1 amide bonds. The first kappa shape index (κ1) is 20.0. The van der Waals surface area contributed by atoms with E-state index >= 15 is 0 Å². The molecule has 2 aromatic carbocycles. The average molecular weight is 384 g/mol. The van der Waals surface area contributed by atoms with Crippen molar-refractivity contribution < 1.29 is 4.79 Å². The number of rotatable bonds is 5. The van der Waals surface area contributed by atoms with Crippen molar-refractivity contribution in [3.63, 3.8) is 0 Å². The fourth-order valence-corrected chi connectivity index (χ4v) is 3.25. The maximum absolute atomic E-state index is 12.5. The van der Waals surface area contributed by atoms with Gasteiger partial charge < -0.3 is 14.8 Å². The zero-order valence-corrected chi connectivity index (χ0v) is 17.1. The maximum atomic E-state index is 12.5. The molecule has 0 unspecified atom stereocenters. The minimum absolute atomic E-state index is 0.0667. The lowest BCUT2D eigenvalue weighted by Crippen LogP contribution is -2.13. The van der Waals surface area contributed by atoms with Crippen molar-refractivity contribution in [1.82, 2.24) is 4.57 Å². The highest BCUT2D eigenvalue weighted by atomic mass is 16.1. The van der Waals surface area contributed by atoms with E-state index in [1.54, 1.807) is 18.2 Å². The minimum atomic E-state index is -0.418. The van der Waals surface area contributed by atoms with Gasteiger partial charge in [-0.3, -0.25) is 4.79 Å². The van der Waals surface area contributed by atoms with Gasteiger partial charge >= 0.3 is 0 Å². The summed E-state index contributed by atoms with van der Waals surface area (Å²) in [6, 6.07) is 21.4. The van der Waals surface area contributed by atoms with Gasteiger partial charge in [0.15, 0.2) is 0 Å². The second kappa shape index (κ2) is 8.49. The fourth-order valence-electron chi connectivity index (χ4n) is 3.25. The SMILES string of the molecule is Cc1cc(/C=C(/C#N)C(=O)Nc2ccccc2)c(C)n1-c1ccc(N(C)C)cc1. The van der Waals surface area contributed by atoms with E-state index in [1.165, 1.54) is 0 Å². The molecule has 0 bridgehead atoms. The molecule has 0 spiro atoms. The summed E-state index contributed by atoms with van der Waals surface area (Å²) in [5, 5.41) is 12.3. The Morgan fingerprint density at radius 1 is 1.07 bits per heavy atom. The van der Waals surface area contributed by atoms with Crippen LogP contribution in [0.25, 0.3) is 11.8 Å². The number of nitriles is 1. The Morgan fingerprint density at radius 2 is 1.72 bits per heavy atom. The van der Waals surface area contributed by atoms with Crippen LogP contribution in [0.5, 0.6) is 0 Å².